The lowest BCUT2D eigenvalue weighted by Crippen LogP contribution is -2.41. The van der Waals surface area contributed by atoms with Crippen LogP contribution >= 0.6 is 0 Å². The second-order valence-corrected chi connectivity index (χ2v) is 7.70. The van der Waals surface area contributed by atoms with Gasteiger partial charge in [-0.25, -0.2) is 8.42 Å². The molecule has 1 aromatic heterocycles. The first-order valence-electron chi connectivity index (χ1n) is 7.67. The fourth-order valence-electron chi connectivity index (χ4n) is 2.70. The first-order valence-corrected chi connectivity index (χ1v) is 9.38. The normalized spacial score (nSPS) is 18.4. The zero-order valence-corrected chi connectivity index (χ0v) is 13.9. The van der Waals surface area contributed by atoms with Crippen LogP contribution in [0.1, 0.15) is 11.1 Å². The molecule has 1 amide bonds. The van der Waals surface area contributed by atoms with Crippen molar-refractivity contribution in [1.29, 1.82) is 0 Å². The van der Waals surface area contributed by atoms with E-state index in [1.165, 1.54) is 5.41 Å². The monoisotopic (exact) mass is 342 g/mol. The van der Waals surface area contributed by atoms with Crippen LogP contribution in [0.3, 0.4) is 0 Å². The van der Waals surface area contributed by atoms with E-state index in [2.05, 4.69) is 4.98 Å². The van der Waals surface area contributed by atoms with Crippen LogP contribution in [-0.4, -0.2) is 36.0 Å². The molecule has 1 unspecified atom stereocenters. The van der Waals surface area contributed by atoms with E-state index < -0.39 is 15.9 Å². The van der Waals surface area contributed by atoms with Crippen molar-refractivity contribution < 1.29 is 13.2 Å². The molecule has 1 aliphatic heterocycles. The van der Waals surface area contributed by atoms with Crippen LogP contribution in [0.5, 0.6) is 0 Å². The third-order valence-corrected chi connectivity index (χ3v) is 5.31. The summed E-state index contributed by atoms with van der Waals surface area (Å²) in [6.45, 7) is 0.360. The van der Waals surface area contributed by atoms with Crippen molar-refractivity contribution in [2.24, 2.45) is 0 Å². The minimum Gasteiger partial charge on any atom is -0.331 e. The van der Waals surface area contributed by atoms with Crippen LogP contribution in [-0.2, 0) is 27.6 Å². The lowest BCUT2D eigenvalue weighted by atomic mass is 10.1. The van der Waals surface area contributed by atoms with Crippen LogP contribution in [0, 0.1) is 0 Å². The smallest absolute Gasteiger partial charge is 0.227 e. The van der Waals surface area contributed by atoms with Gasteiger partial charge in [-0.3, -0.25) is 9.78 Å². The van der Waals surface area contributed by atoms with Crippen LogP contribution in [0.4, 0.5) is 0 Å². The number of hydrogen-bond acceptors (Lipinski definition) is 4. The van der Waals surface area contributed by atoms with Gasteiger partial charge in [0, 0.05) is 24.3 Å². The molecule has 0 spiro atoms. The summed E-state index contributed by atoms with van der Waals surface area (Å²) in [5.41, 5.74) is 1.83. The highest BCUT2D eigenvalue weighted by Crippen LogP contribution is 2.19. The Labute approximate surface area is 141 Å². The summed E-state index contributed by atoms with van der Waals surface area (Å²) in [6.07, 6.45) is 5.17. The van der Waals surface area contributed by atoms with E-state index in [9.17, 15) is 13.2 Å². The molecule has 1 atom stereocenters. The van der Waals surface area contributed by atoms with Gasteiger partial charge in [0.25, 0.3) is 0 Å². The average Bonchev–Trinajstić information content (AvgIpc) is 2.94. The Morgan fingerprint density at radius 3 is 2.42 bits per heavy atom. The molecular weight excluding hydrogens is 324 g/mol. The van der Waals surface area contributed by atoms with Crippen molar-refractivity contribution in [3.63, 3.8) is 0 Å². The van der Waals surface area contributed by atoms with Crippen molar-refractivity contribution in [3.05, 3.63) is 77.5 Å². The van der Waals surface area contributed by atoms with Gasteiger partial charge in [-0.1, -0.05) is 30.3 Å². The van der Waals surface area contributed by atoms with E-state index in [1.807, 2.05) is 42.5 Å². The van der Waals surface area contributed by atoms with Gasteiger partial charge in [0.1, 0.15) is 0 Å². The molecule has 2 aromatic rings. The van der Waals surface area contributed by atoms with Crippen LogP contribution in [0.25, 0.3) is 0 Å². The summed E-state index contributed by atoms with van der Waals surface area (Å²) < 4.78 is 23.5. The molecular formula is C18H18N2O3S. The maximum Gasteiger partial charge on any atom is 0.227 e. The molecule has 5 nitrogen and oxygen atoms in total. The largest absolute Gasteiger partial charge is 0.331 e. The van der Waals surface area contributed by atoms with E-state index >= 15 is 0 Å². The highest BCUT2D eigenvalue weighted by atomic mass is 32.2. The molecule has 0 saturated heterocycles. The molecule has 3 rings (SSSR count). The molecule has 0 radical (unpaired) electrons. The van der Waals surface area contributed by atoms with E-state index in [1.54, 1.807) is 23.4 Å². The zero-order valence-electron chi connectivity index (χ0n) is 13.1. The van der Waals surface area contributed by atoms with Gasteiger partial charge in [0.2, 0.25) is 5.91 Å². The van der Waals surface area contributed by atoms with Gasteiger partial charge in [-0.2, -0.15) is 0 Å². The van der Waals surface area contributed by atoms with E-state index in [0.29, 0.717) is 6.54 Å². The first-order chi connectivity index (χ1) is 11.5. The number of rotatable bonds is 5. The number of aromatic nitrogens is 1. The molecule has 0 bridgehead atoms. The second kappa shape index (κ2) is 6.97. The van der Waals surface area contributed by atoms with Gasteiger partial charge in [0.05, 0.1) is 18.2 Å². The van der Waals surface area contributed by atoms with Crippen molar-refractivity contribution in [2.75, 3.05) is 5.75 Å². The number of carbonyl (C=O) groups is 1. The summed E-state index contributed by atoms with van der Waals surface area (Å²) in [5.74, 6) is -0.150. The molecule has 0 fully saturated rings. The standard InChI is InChI=1S/C18H18N2O3S/c21-18(12-15-4-2-1-3-5-15)20(13-16-6-9-19-10-7-16)17-8-11-24(22,23)14-17/h1-11,17H,12-14H2. The molecule has 1 aromatic carbocycles. The molecule has 6 heteroatoms. The molecule has 0 N–H and O–H groups in total. The molecule has 0 saturated carbocycles. The minimum absolute atomic E-state index is 0.0569. The maximum atomic E-state index is 12.8. The predicted octanol–water partition coefficient (Wildman–Crippen LogP) is 1.96. The number of carbonyl (C=O) groups excluding carboxylic acids is 1. The number of nitrogens with zero attached hydrogens (tertiary/aromatic N) is 2. The quantitative estimate of drug-likeness (QED) is 0.833. The van der Waals surface area contributed by atoms with E-state index in [0.717, 1.165) is 11.1 Å². The topological polar surface area (TPSA) is 67.3 Å². The Morgan fingerprint density at radius 1 is 1.08 bits per heavy atom. The summed E-state index contributed by atoms with van der Waals surface area (Å²) in [5, 5.41) is 1.20. The Hall–Kier alpha value is -2.47. The van der Waals surface area contributed by atoms with Gasteiger partial charge in [-0.05, 0) is 29.3 Å². The summed E-state index contributed by atoms with van der Waals surface area (Å²) in [7, 11) is -3.23. The minimum atomic E-state index is -3.23. The Kier molecular flexibility index (Phi) is 4.76. The first kappa shape index (κ1) is 16.4. The van der Waals surface area contributed by atoms with Crippen molar-refractivity contribution in [3.8, 4) is 0 Å². The van der Waals surface area contributed by atoms with E-state index in [4.69, 9.17) is 0 Å². The average molecular weight is 342 g/mol. The van der Waals surface area contributed by atoms with Gasteiger partial charge in [-0.15, -0.1) is 0 Å². The molecule has 124 valence electrons. The summed E-state index contributed by atoms with van der Waals surface area (Å²) in [6, 6.07) is 12.7. The number of hydrogen-bond donors (Lipinski definition) is 0. The van der Waals surface area contributed by atoms with Crippen molar-refractivity contribution in [1.82, 2.24) is 9.88 Å². The SMILES string of the molecule is O=C(Cc1ccccc1)N(Cc1ccncc1)C1C=CS(=O)(=O)C1. The Morgan fingerprint density at radius 2 is 1.79 bits per heavy atom. The Balaban J connectivity index is 1.81. The third-order valence-electron chi connectivity index (χ3n) is 3.93. The summed E-state index contributed by atoms with van der Waals surface area (Å²) >= 11 is 0. The lowest BCUT2D eigenvalue weighted by Gasteiger charge is -2.28. The second-order valence-electron chi connectivity index (χ2n) is 5.76. The van der Waals surface area contributed by atoms with Crippen LogP contribution in [0.15, 0.2) is 66.3 Å². The fourth-order valence-corrected chi connectivity index (χ4v) is 4.00. The van der Waals surface area contributed by atoms with Gasteiger partial charge >= 0.3 is 0 Å². The highest BCUT2D eigenvalue weighted by Gasteiger charge is 2.30. The highest BCUT2D eigenvalue weighted by molar-refractivity contribution is 7.94. The lowest BCUT2D eigenvalue weighted by molar-refractivity contribution is -0.132. The zero-order chi connectivity index (χ0) is 17.0. The third kappa shape index (κ3) is 4.08. The number of sulfone groups is 1. The fraction of sp³-hybridized carbons (Fsp3) is 0.222. The van der Waals surface area contributed by atoms with Crippen LogP contribution in [0.2, 0.25) is 0 Å². The molecule has 0 aliphatic carbocycles. The number of benzene rings is 1. The molecule has 24 heavy (non-hydrogen) atoms. The van der Waals surface area contributed by atoms with Crippen molar-refractivity contribution in [2.45, 2.75) is 19.0 Å². The predicted molar refractivity (Wildman–Crippen MR) is 91.6 cm³/mol. The number of pyridine rings is 1. The number of amides is 1. The molecule has 1 aliphatic rings. The summed E-state index contributed by atoms with van der Waals surface area (Å²) in [4.78, 5) is 18.4. The van der Waals surface area contributed by atoms with E-state index in [-0.39, 0.29) is 18.1 Å². The van der Waals surface area contributed by atoms with Crippen LogP contribution < -0.4 is 0 Å². The van der Waals surface area contributed by atoms with Gasteiger partial charge < -0.3 is 4.90 Å². The Bertz CT molecular complexity index is 833. The maximum absolute atomic E-state index is 12.8. The van der Waals surface area contributed by atoms with Gasteiger partial charge in [0.15, 0.2) is 9.84 Å². The molecule has 2 heterocycles. The van der Waals surface area contributed by atoms with Crippen molar-refractivity contribution >= 4 is 15.7 Å².